The van der Waals surface area contributed by atoms with Crippen molar-refractivity contribution in [2.45, 2.75) is 49.6 Å². The summed E-state index contributed by atoms with van der Waals surface area (Å²) in [6.45, 7) is 0.133. The quantitative estimate of drug-likeness (QED) is 0.314. The summed E-state index contributed by atoms with van der Waals surface area (Å²) in [6, 6.07) is 7.18. The molecule has 0 saturated carbocycles. The average molecular weight is 485 g/mol. The number of aliphatic carboxylic acids is 1. The number of alkyl halides is 3. The molecule has 1 atom stereocenters. The monoisotopic (exact) mass is 484 g/mol. The van der Waals surface area contributed by atoms with Crippen molar-refractivity contribution in [3.63, 3.8) is 0 Å². The first kappa shape index (κ1) is 26.5. The number of benzene rings is 1. The van der Waals surface area contributed by atoms with Gasteiger partial charge in [-0.25, -0.2) is 17.9 Å². The summed E-state index contributed by atoms with van der Waals surface area (Å²) in [5.41, 5.74) is 0.196. The maximum atomic E-state index is 12.6. The minimum atomic E-state index is -4.53. The van der Waals surface area contributed by atoms with E-state index in [0.717, 1.165) is 55.2 Å². The highest BCUT2D eigenvalue weighted by Gasteiger charge is 2.30. The van der Waals surface area contributed by atoms with Crippen LogP contribution in [0, 0.1) is 5.92 Å². The predicted molar refractivity (Wildman–Crippen MR) is 118 cm³/mol. The molecular weight excluding hydrogens is 457 g/mol. The van der Waals surface area contributed by atoms with Crippen LogP contribution in [0.1, 0.15) is 43.2 Å². The number of aromatic nitrogens is 1. The molecule has 2 N–H and O–H groups in total. The third kappa shape index (κ3) is 9.75. The van der Waals surface area contributed by atoms with Crippen LogP contribution < -0.4 is 4.72 Å². The van der Waals surface area contributed by atoms with Gasteiger partial charge in [0.25, 0.3) is 0 Å². The molecule has 0 amide bonds. The number of hydrogen-bond acceptors (Lipinski definition) is 4. The van der Waals surface area contributed by atoms with Crippen LogP contribution in [-0.2, 0) is 27.4 Å². The third-order valence-electron chi connectivity index (χ3n) is 5.06. The van der Waals surface area contributed by atoms with Crippen LogP contribution in [0.5, 0.6) is 0 Å². The van der Waals surface area contributed by atoms with E-state index in [-0.39, 0.29) is 17.4 Å². The van der Waals surface area contributed by atoms with E-state index in [0.29, 0.717) is 19.3 Å². The van der Waals surface area contributed by atoms with Crippen molar-refractivity contribution < 1.29 is 31.5 Å². The molecule has 6 nitrogen and oxygen atoms in total. The van der Waals surface area contributed by atoms with Gasteiger partial charge in [0.2, 0.25) is 10.0 Å². The van der Waals surface area contributed by atoms with Gasteiger partial charge in [-0.15, -0.1) is 0 Å². The van der Waals surface area contributed by atoms with E-state index >= 15 is 0 Å². The molecule has 180 valence electrons. The molecule has 1 aromatic heterocycles. The van der Waals surface area contributed by atoms with Crippen LogP contribution in [0.15, 0.2) is 65.8 Å². The Hall–Kier alpha value is -2.72. The molecule has 2 aromatic rings. The first-order valence-electron chi connectivity index (χ1n) is 10.5. The number of halogens is 3. The Bertz CT molecular complexity index is 1010. The minimum Gasteiger partial charge on any atom is -0.478 e. The van der Waals surface area contributed by atoms with Gasteiger partial charge in [0.1, 0.15) is 0 Å². The van der Waals surface area contributed by atoms with Crippen LogP contribution >= 0.6 is 0 Å². The van der Waals surface area contributed by atoms with E-state index in [1.165, 1.54) is 0 Å². The van der Waals surface area contributed by atoms with Crippen LogP contribution in [0.4, 0.5) is 13.2 Å². The van der Waals surface area contributed by atoms with Crippen molar-refractivity contribution in [1.29, 1.82) is 0 Å². The van der Waals surface area contributed by atoms with Crippen molar-refractivity contribution in [2.75, 3.05) is 6.54 Å². The minimum absolute atomic E-state index is 0.0456. The molecule has 0 aliphatic carbocycles. The number of carbonyl (C=O) groups is 1. The summed E-state index contributed by atoms with van der Waals surface area (Å²) in [4.78, 5) is 14.7. The number of pyridine rings is 1. The van der Waals surface area contributed by atoms with Crippen LogP contribution in [0.25, 0.3) is 0 Å². The van der Waals surface area contributed by atoms with Crippen LogP contribution in [0.2, 0.25) is 0 Å². The van der Waals surface area contributed by atoms with Gasteiger partial charge >= 0.3 is 12.1 Å². The molecule has 0 fully saturated rings. The normalized spacial score (nSPS) is 13.3. The second kappa shape index (κ2) is 12.5. The molecule has 0 radical (unpaired) electrons. The van der Waals surface area contributed by atoms with Gasteiger partial charge in [0.15, 0.2) is 0 Å². The fraction of sp³-hybridized carbons (Fsp3) is 0.391. The Balaban J connectivity index is 1.79. The van der Waals surface area contributed by atoms with E-state index in [1.54, 1.807) is 18.5 Å². The fourth-order valence-corrected chi connectivity index (χ4v) is 4.39. The molecule has 0 saturated heterocycles. The molecule has 1 heterocycles. The topological polar surface area (TPSA) is 96.4 Å². The number of nitrogens with zero attached hydrogens (tertiary/aromatic N) is 1. The Morgan fingerprint density at radius 3 is 2.39 bits per heavy atom. The van der Waals surface area contributed by atoms with Gasteiger partial charge < -0.3 is 5.11 Å². The Morgan fingerprint density at radius 1 is 1.09 bits per heavy atom. The van der Waals surface area contributed by atoms with Gasteiger partial charge in [-0.3, -0.25) is 4.98 Å². The summed E-state index contributed by atoms with van der Waals surface area (Å²) in [5, 5.41) is 8.90. The molecule has 10 heteroatoms. The Kier molecular flexibility index (Phi) is 10.1. The summed E-state index contributed by atoms with van der Waals surface area (Å²) < 4.78 is 64.8. The molecule has 0 aliphatic heterocycles. The zero-order valence-electron chi connectivity index (χ0n) is 18.0. The SMILES string of the molecule is O=C(O)/C=C/C(CCCCNS(=O)(=O)c1ccc(C(F)(F)F)cc1)CCCc1cccnc1. The number of carboxylic acid groups (broad SMARTS) is 1. The first-order chi connectivity index (χ1) is 15.6. The molecule has 1 aromatic carbocycles. The van der Waals surface area contributed by atoms with Gasteiger partial charge in [0, 0.05) is 25.0 Å². The van der Waals surface area contributed by atoms with Crippen LogP contribution in [-0.4, -0.2) is 31.0 Å². The predicted octanol–water partition coefficient (Wildman–Crippen LogP) is 4.83. The molecule has 1 unspecified atom stereocenters. The van der Waals surface area contributed by atoms with Crippen molar-refractivity contribution in [3.05, 3.63) is 72.1 Å². The number of rotatable bonds is 13. The molecule has 33 heavy (non-hydrogen) atoms. The molecule has 0 spiro atoms. The number of aryl methyl sites for hydroxylation is 1. The fourth-order valence-electron chi connectivity index (χ4n) is 3.31. The summed E-state index contributed by atoms with van der Waals surface area (Å²) in [7, 11) is -3.90. The second-order valence-electron chi connectivity index (χ2n) is 7.63. The molecule has 0 aliphatic rings. The summed E-state index contributed by atoms with van der Waals surface area (Å²) in [5.74, 6) is -0.971. The van der Waals surface area contributed by atoms with Crippen molar-refractivity contribution in [2.24, 2.45) is 5.92 Å². The van der Waals surface area contributed by atoms with Crippen LogP contribution in [0.3, 0.4) is 0 Å². The number of nitrogens with one attached hydrogen (secondary N) is 1. The zero-order chi connectivity index (χ0) is 24.3. The number of allylic oxidation sites excluding steroid dienone is 1. The van der Waals surface area contributed by atoms with E-state index in [4.69, 9.17) is 5.11 Å². The number of hydrogen-bond donors (Lipinski definition) is 2. The average Bonchev–Trinajstić information content (AvgIpc) is 2.77. The lowest BCUT2D eigenvalue weighted by atomic mass is 9.94. The molecule has 2 rings (SSSR count). The largest absolute Gasteiger partial charge is 0.478 e. The van der Waals surface area contributed by atoms with Gasteiger partial charge in [0.05, 0.1) is 10.5 Å². The maximum Gasteiger partial charge on any atom is 0.416 e. The van der Waals surface area contributed by atoms with E-state index < -0.39 is 27.7 Å². The van der Waals surface area contributed by atoms with E-state index in [9.17, 15) is 26.4 Å². The van der Waals surface area contributed by atoms with E-state index in [2.05, 4.69) is 9.71 Å². The zero-order valence-corrected chi connectivity index (χ0v) is 18.8. The van der Waals surface area contributed by atoms with Crippen molar-refractivity contribution >= 4 is 16.0 Å². The first-order valence-corrected chi connectivity index (χ1v) is 12.0. The smallest absolute Gasteiger partial charge is 0.416 e. The second-order valence-corrected chi connectivity index (χ2v) is 9.39. The lowest BCUT2D eigenvalue weighted by Gasteiger charge is -2.13. The number of sulfonamides is 1. The highest BCUT2D eigenvalue weighted by molar-refractivity contribution is 7.89. The highest BCUT2D eigenvalue weighted by atomic mass is 32.2. The lowest BCUT2D eigenvalue weighted by molar-refractivity contribution is -0.137. The number of carboxylic acids is 1. The summed E-state index contributed by atoms with van der Waals surface area (Å²) in [6.07, 6.45) is 6.11. The van der Waals surface area contributed by atoms with Gasteiger partial charge in [-0.2, -0.15) is 13.2 Å². The number of unbranched alkanes of at least 4 members (excludes halogenated alkanes) is 1. The Labute approximate surface area is 191 Å². The van der Waals surface area contributed by atoms with Gasteiger partial charge in [-0.1, -0.05) is 18.6 Å². The lowest BCUT2D eigenvalue weighted by Crippen LogP contribution is -2.25. The highest BCUT2D eigenvalue weighted by Crippen LogP contribution is 2.29. The third-order valence-corrected chi connectivity index (χ3v) is 6.54. The summed E-state index contributed by atoms with van der Waals surface area (Å²) >= 11 is 0. The van der Waals surface area contributed by atoms with Crippen molar-refractivity contribution in [3.8, 4) is 0 Å². The maximum absolute atomic E-state index is 12.6. The molecule has 0 bridgehead atoms. The standard InChI is InChI=1S/C23H27F3N2O4S/c24-23(25,26)20-10-12-21(13-11-20)33(31,32)28-16-2-1-5-18(9-14-22(29)30)6-3-7-19-8-4-15-27-17-19/h4,8-15,17-18,28H,1-3,5-7,16H2,(H,29,30)/b14-9+. The Morgan fingerprint density at radius 2 is 1.79 bits per heavy atom. The van der Waals surface area contributed by atoms with Gasteiger partial charge in [-0.05, 0) is 73.9 Å². The van der Waals surface area contributed by atoms with Crippen molar-refractivity contribution in [1.82, 2.24) is 9.71 Å². The molecular formula is C23H27F3N2O4S. The van der Waals surface area contributed by atoms with E-state index in [1.807, 2.05) is 12.1 Å².